The van der Waals surface area contributed by atoms with Crippen LogP contribution in [-0.2, 0) is 9.53 Å². The van der Waals surface area contributed by atoms with Crippen LogP contribution in [0.25, 0.3) is 5.03 Å². The lowest BCUT2D eigenvalue weighted by Gasteiger charge is -2.03. The molecule has 0 fully saturated rings. The van der Waals surface area contributed by atoms with Crippen LogP contribution in [-0.4, -0.2) is 17.9 Å². The molecule has 1 rings (SSSR count). The molecule has 0 heterocycles. The second kappa shape index (κ2) is 8.18. The van der Waals surface area contributed by atoms with Crippen LogP contribution in [0.5, 0.6) is 0 Å². The minimum atomic E-state index is -0.330. The van der Waals surface area contributed by atoms with Crippen LogP contribution in [0.15, 0.2) is 42.0 Å². The van der Waals surface area contributed by atoms with Crippen molar-refractivity contribution in [1.29, 1.82) is 0 Å². The Balaban J connectivity index is 2.88. The van der Waals surface area contributed by atoms with Gasteiger partial charge in [-0.05, 0) is 31.6 Å². The van der Waals surface area contributed by atoms with Crippen LogP contribution < -0.4 is 0 Å². The van der Waals surface area contributed by atoms with Crippen LogP contribution in [0, 0.1) is 6.92 Å². The van der Waals surface area contributed by atoms with Gasteiger partial charge in [-0.15, -0.1) is 0 Å². The van der Waals surface area contributed by atoms with E-state index >= 15 is 0 Å². The number of benzene rings is 1. The summed E-state index contributed by atoms with van der Waals surface area (Å²) in [6, 6.07) is 7.87. The van der Waals surface area contributed by atoms with E-state index in [9.17, 15) is 4.79 Å². The monoisotopic (exact) mass is 342 g/mol. The van der Waals surface area contributed by atoms with Gasteiger partial charge in [0.25, 0.3) is 0 Å². The van der Waals surface area contributed by atoms with Gasteiger partial charge >= 0.3 is 5.97 Å². The predicted octanol–water partition coefficient (Wildman–Crippen LogP) is 4.46. The zero-order valence-electron chi connectivity index (χ0n) is 11.0. The van der Waals surface area contributed by atoms with Gasteiger partial charge in [-0.3, -0.25) is 0 Å². The van der Waals surface area contributed by atoms with Gasteiger partial charge < -0.3 is 4.74 Å². The minimum Gasteiger partial charge on any atom is -0.463 e. The largest absolute Gasteiger partial charge is 0.463 e. The second-order valence-electron chi connectivity index (χ2n) is 3.93. The summed E-state index contributed by atoms with van der Waals surface area (Å²) in [5, 5.41) is 1.02. The number of allylic oxidation sites excluding steroid dienone is 2. The zero-order chi connectivity index (χ0) is 14.3. The maximum Gasteiger partial charge on any atom is 0.334 e. The van der Waals surface area contributed by atoms with Crippen molar-refractivity contribution in [3.63, 3.8) is 0 Å². The third-order valence-corrected chi connectivity index (χ3v) is 3.39. The summed E-state index contributed by atoms with van der Waals surface area (Å²) in [6.07, 6.45) is 3.38. The van der Waals surface area contributed by atoms with Gasteiger partial charge in [0.2, 0.25) is 0 Å². The molecular formula is C15H16BrClO2. The second-order valence-corrected chi connectivity index (χ2v) is 4.89. The molecule has 0 amide bonds. The molecule has 0 spiro atoms. The van der Waals surface area contributed by atoms with Crippen molar-refractivity contribution in [1.82, 2.24) is 0 Å². The van der Waals surface area contributed by atoms with E-state index in [0.717, 1.165) is 5.56 Å². The lowest BCUT2D eigenvalue weighted by molar-refractivity contribution is -0.138. The fraction of sp³-hybridized carbons (Fsp3) is 0.267. The van der Waals surface area contributed by atoms with E-state index in [1.165, 1.54) is 5.56 Å². The molecular weight excluding hydrogens is 328 g/mol. The number of hydrogen-bond donors (Lipinski definition) is 0. The highest BCUT2D eigenvalue weighted by Crippen LogP contribution is 2.20. The minimum absolute atomic E-state index is 0.330. The van der Waals surface area contributed by atoms with Crippen LogP contribution in [0.2, 0.25) is 0 Å². The van der Waals surface area contributed by atoms with Crippen molar-refractivity contribution in [2.24, 2.45) is 0 Å². The highest BCUT2D eigenvalue weighted by molar-refractivity contribution is 9.09. The van der Waals surface area contributed by atoms with E-state index in [4.69, 9.17) is 16.3 Å². The summed E-state index contributed by atoms with van der Waals surface area (Å²) in [5.74, 6) is -0.330. The Labute approximate surface area is 127 Å². The van der Waals surface area contributed by atoms with E-state index in [-0.39, 0.29) is 5.97 Å². The molecule has 0 atom stereocenters. The Morgan fingerprint density at radius 3 is 2.47 bits per heavy atom. The number of carbonyl (C=O) groups is 1. The quantitative estimate of drug-likeness (QED) is 0.341. The SMILES string of the molecule is CCOC(=O)/C(=C/C=C(\Cl)c1ccc(C)cc1)CBr. The maximum atomic E-state index is 11.6. The van der Waals surface area contributed by atoms with Crippen LogP contribution >= 0.6 is 27.5 Å². The summed E-state index contributed by atoms with van der Waals surface area (Å²) in [7, 11) is 0. The topological polar surface area (TPSA) is 26.3 Å². The number of ether oxygens (including phenoxy) is 1. The van der Waals surface area contributed by atoms with Crippen molar-refractivity contribution >= 4 is 38.5 Å². The first-order valence-electron chi connectivity index (χ1n) is 5.95. The Morgan fingerprint density at radius 2 is 1.95 bits per heavy atom. The molecule has 0 radical (unpaired) electrons. The number of halogens is 2. The van der Waals surface area contributed by atoms with Crippen molar-refractivity contribution in [2.45, 2.75) is 13.8 Å². The standard InChI is InChI=1S/C15H16BrClO2/c1-3-19-15(18)13(10-16)8-9-14(17)12-6-4-11(2)5-7-12/h4-9H,3,10H2,1-2H3/b13-8+,14-9-. The number of hydrogen-bond acceptors (Lipinski definition) is 2. The fourth-order valence-corrected chi connectivity index (χ4v) is 1.98. The summed E-state index contributed by atoms with van der Waals surface area (Å²) in [4.78, 5) is 11.6. The fourth-order valence-electron chi connectivity index (χ4n) is 1.37. The van der Waals surface area contributed by atoms with E-state index in [1.807, 2.05) is 31.2 Å². The Morgan fingerprint density at radius 1 is 1.32 bits per heavy atom. The molecule has 0 saturated carbocycles. The highest BCUT2D eigenvalue weighted by atomic mass is 79.9. The third kappa shape index (κ3) is 5.21. The number of aryl methyl sites for hydroxylation is 1. The maximum absolute atomic E-state index is 11.6. The zero-order valence-corrected chi connectivity index (χ0v) is 13.3. The Hall–Kier alpha value is -1.06. The van der Waals surface area contributed by atoms with Gasteiger partial charge in [-0.1, -0.05) is 57.4 Å². The summed E-state index contributed by atoms with van der Waals surface area (Å²) >= 11 is 9.45. The van der Waals surface area contributed by atoms with Crippen LogP contribution in [0.3, 0.4) is 0 Å². The summed E-state index contributed by atoms with van der Waals surface area (Å²) in [6.45, 7) is 4.16. The van der Waals surface area contributed by atoms with E-state index in [0.29, 0.717) is 22.5 Å². The van der Waals surface area contributed by atoms with Crippen molar-refractivity contribution in [2.75, 3.05) is 11.9 Å². The van der Waals surface area contributed by atoms with Gasteiger partial charge in [0.1, 0.15) is 0 Å². The third-order valence-electron chi connectivity index (χ3n) is 2.44. The molecule has 0 unspecified atom stereocenters. The Bertz CT molecular complexity index is 489. The molecule has 102 valence electrons. The molecule has 19 heavy (non-hydrogen) atoms. The number of carbonyl (C=O) groups excluding carboxylic acids is 1. The molecule has 4 heteroatoms. The smallest absolute Gasteiger partial charge is 0.334 e. The molecule has 0 aliphatic heterocycles. The van der Waals surface area contributed by atoms with Crippen LogP contribution in [0.1, 0.15) is 18.1 Å². The van der Waals surface area contributed by atoms with E-state index in [2.05, 4.69) is 15.9 Å². The lowest BCUT2D eigenvalue weighted by atomic mass is 10.1. The van der Waals surface area contributed by atoms with Crippen molar-refractivity contribution in [3.8, 4) is 0 Å². The molecule has 2 nitrogen and oxygen atoms in total. The van der Waals surface area contributed by atoms with Crippen molar-refractivity contribution in [3.05, 3.63) is 53.1 Å². The number of alkyl halides is 1. The van der Waals surface area contributed by atoms with Gasteiger partial charge in [-0.2, -0.15) is 0 Å². The first kappa shape index (κ1) is 16.0. The molecule has 0 saturated heterocycles. The number of esters is 1. The average molecular weight is 344 g/mol. The van der Waals surface area contributed by atoms with Gasteiger partial charge in [0, 0.05) is 15.9 Å². The van der Waals surface area contributed by atoms with Crippen LogP contribution in [0.4, 0.5) is 0 Å². The molecule has 0 aliphatic carbocycles. The first-order valence-corrected chi connectivity index (χ1v) is 7.45. The average Bonchev–Trinajstić information content (AvgIpc) is 2.40. The van der Waals surface area contributed by atoms with Gasteiger partial charge in [-0.25, -0.2) is 4.79 Å². The van der Waals surface area contributed by atoms with Gasteiger partial charge in [0.05, 0.1) is 6.61 Å². The summed E-state index contributed by atoms with van der Waals surface area (Å²) < 4.78 is 4.94. The van der Waals surface area contributed by atoms with Crippen molar-refractivity contribution < 1.29 is 9.53 Å². The molecule has 0 bridgehead atoms. The molecule has 0 aromatic heterocycles. The molecule has 1 aromatic carbocycles. The summed E-state index contributed by atoms with van der Waals surface area (Å²) in [5.41, 5.74) is 2.63. The predicted molar refractivity (Wildman–Crippen MR) is 83.5 cm³/mol. The Kier molecular flexibility index (Phi) is 6.89. The number of rotatable bonds is 5. The molecule has 0 aliphatic rings. The molecule has 0 N–H and O–H groups in total. The first-order chi connectivity index (χ1) is 9.08. The lowest BCUT2D eigenvalue weighted by Crippen LogP contribution is -2.08. The van der Waals surface area contributed by atoms with Gasteiger partial charge in [0.15, 0.2) is 0 Å². The normalized spacial score (nSPS) is 12.4. The van der Waals surface area contributed by atoms with E-state index in [1.54, 1.807) is 19.1 Å². The van der Waals surface area contributed by atoms with E-state index < -0.39 is 0 Å². The molecule has 1 aromatic rings. The highest BCUT2D eigenvalue weighted by Gasteiger charge is 2.07.